The third-order valence-corrected chi connectivity index (χ3v) is 6.91. The predicted molar refractivity (Wildman–Crippen MR) is 103 cm³/mol. The van der Waals surface area contributed by atoms with Gasteiger partial charge in [-0.15, -0.1) is 11.3 Å². The van der Waals surface area contributed by atoms with E-state index in [0.29, 0.717) is 5.69 Å². The van der Waals surface area contributed by atoms with E-state index in [4.69, 9.17) is 0 Å². The molecule has 0 saturated carbocycles. The first-order valence-electron chi connectivity index (χ1n) is 7.52. The number of hydrogen-bond donors (Lipinski definition) is 1. The smallest absolute Gasteiger partial charge is 0.349 e. The number of thiophene rings is 1. The Hall–Kier alpha value is -2.29. The number of carbonyl (C=O) groups excluding carboxylic acids is 1. The molecule has 0 aliphatic rings. The highest BCUT2D eigenvalue weighted by Gasteiger charge is 2.25. The van der Waals surface area contributed by atoms with Gasteiger partial charge in [0, 0.05) is 9.79 Å². The summed E-state index contributed by atoms with van der Waals surface area (Å²) < 4.78 is 32.8. The molecule has 0 spiro atoms. The molecular weight excluding hydrogens is 390 g/mol. The Morgan fingerprint density at radius 2 is 1.73 bits per heavy atom. The van der Waals surface area contributed by atoms with Crippen LogP contribution >= 0.6 is 23.1 Å². The second-order valence-electron chi connectivity index (χ2n) is 5.12. The topological polar surface area (TPSA) is 72.5 Å². The number of para-hydroxylation sites is 1. The van der Waals surface area contributed by atoms with Gasteiger partial charge < -0.3 is 4.74 Å². The molecule has 26 heavy (non-hydrogen) atoms. The molecule has 0 amide bonds. The lowest BCUT2D eigenvalue weighted by molar-refractivity contribution is 0.0602. The van der Waals surface area contributed by atoms with Crippen molar-refractivity contribution in [3.05, 3.63) is 70.9 Å². The van der Waals surface area contributed by atoms with Crippen LogP contribution in [0.1, 0.15) is 9.67 Å². The third-order valence-electron chi connectivity index (χ3n) is 3.39. The monoisotopic (exact) mass is 405 g/mol. The average molecular weight is 406 g/mol. The molecule has 8 heteroatoms. The molecule has 0 unspecified atom stereocenters. The van der Waals surface area contributed by atoms with Gasteiger partial charge in [-0.1, -0.05) is 42.1 Å². The maximum Gasteiger partial charge on any atom is 0.349 e. The van der Waals surface area contributed by atoms with Crippen molar-refractivity contribution in [3.8, 4) is 0 Å². The largest absolute Gasteiger partial charge is 0.465 e. The van der Waals surface area contributed by atoms with Gasteiger partial charge in [0.2, 0.25) is 0 Å². The van der Waals surface area contributed by atoms with Gasteiger partial charge in [-0.05, 0) is 35.7 Å². The van der Waals surface area contributed by atoms with Crippen molar-refractivity contribution in [2.45, 2.75) is 14.7 Å². The van der Waals surface area contributed by atoms with Gasteiger partial charge in [-0.25, -0.2) is 13.2 Å². The summed E-state index contributed by atoms with van der Waals surface area (Å²) in [4.78, 5) is 13.5. The van der Waals surface area contributed by atoms with E-state index in [-0.39, 0.29) is 9.77 Å². The first-order chi connectivity index (χ1) is 12.5. The number of sulfonamides is 1. The summed E-state index contributed by atoms with van der Waals surface area (Å²) in [6, 6.07) is 18.2. The zero-order valence-electron chi connectivity index (χ0n) is 13.7. The lowest BCUT2D eigenvalue weighted by Gasteiger charge is -2.12. The predicted octanol–water partition coefficient (Wildman–Crippen LogP) is 4.49. The summed E-state index contributed by atoms with van der Waals surface area (Å²) in [5.74, 6) is -0.674. The van der Waals surface area contributed by atoms with Crippen LogP contribution in [0, 0.1) is 0 Å². The molecule has 0 radical (unpaired) electrons. The molecule has 0 fully saturated rings. The fourth-order valence-corrected chi connectivity index (χ4v) is 5.61. The lowest BCUT2D eigenvalue weighted by Crippen LogP contribution is -2.16. The first kappa shape index (κ1) is 18.5. The van der Waals surface area contributed by atoms with Crippen LogP contribution in [-0.4, -0.2) is 21.5 Å². The zero-order valence-corrected chi connectivity index (χ0v) is 16.2. The van der Waals surface area contributed by atoms with Crippen LogP contribution in [0.5, 0.6) is 0 Å². The first-order valence-corrected chi connectivity index (χ1v) is 10.7. The van der Waals surface area contributed by atoms with Crippen LogP contribution in [0.4, 0.5) is 5.69 Å². The molecule has 5 nitrogen and oxygen atoms in total. The van der Waals surface area contributed by atoms with Crippen molar-refractivity contribution >= 4 is 44.8 Å². The summed E-state index contributed by atoms with van der Waals surface area (Å²) >= 11 is 2.48. The zero-order chi connectivity index (χ0) is 18.6. The Kier molecular flexibility index (Phi) is 5.65. The Morgan fingerprint density at radius 1 is 1.04 bits per heavy atom. The maximum atomic E-state index is 12.8. The third kappa shape index (κ3) is 4.09. The van der Waals surface area contributed by atoms with Crippen LogP contribution in [0.2, 0.25) is 0 Å². The molecule has 0 aliphatic carbocycles. The molecule has 0 aliphatic heterocycles. The van der Waals surface area contributed by atoms with Gasteiger partial charge in [0.25, 0.3) is 10.0 Å². The van der Waals surface area contributed by atoms with Crippen LogP contribution < -0.4 is 4.72 Å². The minimum Gasteiger partial charge on any atom is -0.465 e. The van der Waals surface area contributed by atoms with E-state index in [1.54, 1.807) is 17.5 Å². The fraction of sp³-hybridized carbons (Fsp3) is 0.0556. The highest BCUT2D eigenvalue weighted by Crippen LogP contribution is 2.35. The Labute approximate surface area is 160 Å². The van der Waals surface area contributed by atoms with Crippen molar-refractivity contribution in [3.63, 3.8) is 0 Å². The minimum absolute atomic E-state index is 0.0493. The molecule has 3 rings (SSSR count). The van der Waals surface area contributed by atoms with Crippen molar-refractivity contribution in [1.82, 2.24) is 0 Å². The molecular formula is C18H15NO4S3. The number of nitrogens with one attached hydrogen (secondary N) is 1. The average Bonchev–Trinajstić information content (AvgIpc) is 3.14. The molecule has 3 aromatic rings. The lowest BCUT2D eigenvalue weighted by atomic mass is 10.3. The number of methoxy groups -OCH3 is 1. The Bertz CT molecular complexity index is 1010. The van der Waals surface area contributed by atoms with Crippen LogP contribution in [0.15, 0.2) is 80.7 Å². The SMILES string of the molecule is COC(=O)c1sccc1S(=O)(=O)Nc1ccccc1Sc1ccccc1. The molecule has 134 valence electrons. The summed E-state index contributed by atoms with van der Waals surface area (Å²) in [6.45, 7) is 0. The van der Waals surface area contributed by atoms with E-state index in [1.165, 1.54) is 24.9 Å². The van der Waals surface area contributed by atoms with Crippen LogP contribution in [0.3, 0.4) is 0 Å². The molecule has 2 aromatic carbocycles. The normalized spacial score (nSPS) is 11.1. The summed E-state index contributed by atoms with van der Waals surface area (Å²) in [6.07, 6.45) is 0. The van der Waals surface area contributed by atoms with E-state index < -0.39 is 16.0 Å². The molecule has 0 bridgehead atoms. The van der Waals surface area contributed by atoms with Crippen molar-refractivity contribution in [2.75, 3.05) is 11.8 Å². The van der Waals surface area contributed by atoms with Gasteiger partial charge in [-0.2, -0.15) is 0 Å². The van der Waals surface area contributed by atoms with Gasteiger partial charge in [0.15, 0.2) is 0 Å². The number of carbonyl (C=O) groups is 1. The van der Waals surface area contributed by atoms with Gasteiger partial charge >= 0.3 is 5.97 Å². The fourth-order valence-electron chi connectivity index (χ4n) is 2.21. The van der Waals surface area contributed by atoms with Gasteiger partial charge in [0.1, 0.15) is 9.77 Å². The van der Waals surface area contributed by atoms with E-state index in [1.807, 2.05) is 42.5 Å². The number of anilines is 1. The van der Waals surface area contributed by atoms with E-state index in [0.717, 1.165) is 21.1 Å². The number of benzene rings is 2. The Balaban J connectivity index is 1.92. The standard InChI is InChI=1S/C18H15NO4S3/c1-23-18(20)17-16(11-12-24-17)26(21,22)19-14-9-5-6-10-15(14)25-13-7-3-2-4-8-13/h2-12,19H,1H3. The highest BCUT2D eigenvalue weighted by atomic mass is 32.2. The molecule has 1 N–H and O–H groups in total. The maximum absolute atomic E-state index is 12.8. The van der Waals surface area contributed by atoms with E-state index in [9.17, 15) is 13.2 Å². The number of esters is 1. The second kappa shape index (κ2) is 7.94. The Morgan fingerprint density at radius 3 is 2.46 bits per heavy atom. The molecule has 1 heterocycles. The molecule has 1 aromatic heterocycles. The molecule has 0 saturated heterocycles. The van der Waals surface area contributed by atoms with Crippen molar-refractivity contribution in [2.24, 2.45) is 0 Å². The van der Waals surface area contributed by atoms with Gasteiger partial charge in [-0.3, -0.25) is 4.72 Å². The second-order valence-corrected chi connectivity index (χ2v) is 8.80. The number of rotatable bonds is 6. The summed E-state index contributed by atoms with van der Waals surface area (Å²) in [7, 11) is -2.70. The highest BCUT2D eigenvalue weighted by molar-refractivity contribution is 7.99. The van der Waals surface area contributed by atoms with Crippen LogP contribution in [-0.2, 0) is 14.8 Å². The molecule has 0 atom stereocenters. The van der Waals surface area contributed by atoms with Gasteiger partial charge in [0.05, 0.1) is 12.8 Å². The number of ether oxygens (including phenoxy) is 1. The number of hydrogen-bond acceptors (Lipinski definition) is 6. The summed E-state index contributed by atoms with van der Waals surface area (Å²) in [5.41, 5.74) is 0.448. The quantitative estimate of drug-likeness (QED) is 0.612. The van der Waals surface area contributed by atoms with E-state index in [2.05, 4.69) is 9.46 Å². The van der Waals surface area contributed by atoms with Crippen molar-refractivity contribution < 1.29 is 17.9 Å². The summed E-state index contributed by atoms with van der Waals surface area (Å²) in [5, 5.41) is 1.55. The van der Waals surface area contributed by atoms with Crippen LogP contribution in [0.25, 0.3) is 0 Å². The van der Waals surface area contributed by atoms with E-state index >= 15 is 0 Å². The minimum atomic E-state index is -3.92. The van der Waals surface area contributed by atoms with Crippen molar-refractivity contribution in [1.29, 1.82) is 0 Å².